The lowest BCUT2D eigenvalue weighted by Crippen LogP contribution is -2.06. The molecule has 1 N–H and O–H groups in total. The van der Waals surface area contributed by atoms with E-state index in [0.717, 1.165) is 6.20 Å². The van der Waals surface area contributed by atoms with Crippen LogP contribution in [-0.2, 0) is 6.54 Å². The van der Waals surface area contributed by atoms with Crippen molar-refractivity contribution < 1.29 is 13.5 Å². The van der Waals surface area contributed by atoms with Gasteiger partial charge in [-0.15, -0.1) is 0 Å². The summed E-state index contributed by atoms with van der Waals surface area (Å²) in [5, 5.41) is 2.76. The lowest BCUT2D eigenvalue weighted by Gasteiger charge is -2.09. The van der Waals surface area contributed by atoms with Gasteiger partial charge in [0.1, 0.15) is 5.82 Å². The van der Waals surface area contributed by atoms with E-state index in [1.54, 1.807) is 0 Å². The maximum Gasteiger partial charge on any atom is 0.218 e. The highest BCUT2D eigenvalue weighted by Gasteiger charge is 2.09. The van der Waals surface area contributed by atoms with Gasteiger partial charge in [0.05, 0.1) is 13.3 Å². The van der Waals surface area contributed by atoms with Crippen molar-refractivity contribution >= 4 is 21.7 Å². The molecule has 0 aliphatic heterocycles. The van der Waals surface area contributed by atoms with E-state index < -0.39 is 11.6 Å². The number of aromatic nitrogens is 2. The fourth-order valence-electron chi connectivity index (χ4n) is 1.50. The molecule has 0 fully saturated rings. The largest absolute Gasteiger partial charge is 0.481 e. The van der Waals surface area contributed by atoms with Crippen molar-refractivity contribution in [2.45, 2.75) is 6.54 Å². The number of nitrogens with one attached hydrogen (secondary N) is 1. The highest BCUT2D eigenvalue weighted by Crippen LogP contribution is 2.20. The molecule has 0 aliphatic rings. The Bertz CT molecular complexity index is 595. The quantitative estimate of drug-likeness (QED) is 0.936. The Kier molecular flexibility index (Phi) is 4.26. The average Bonchev–Trinajstić information content (AvgIpc) is 2.38. The zero-order chi connectivity index (χ0) is 13.8. The van der Waals surface area contributed by atoms with E-state index >= 15 is 0 Å². The molecule has 0 bridgehead atoms. The van der Waals surface area contributed by atoms with Gasteiger partial charge in [0.25, 0.3) is 0 Å². The molecule has 4 nitrogen and oxygen atoms in total. The maximum absolute atomic E-state index is 13.5. The van der Waals surface area contributed by atoms with Crippen LogP contribution in [0.1, 0.15) is 5.56 Å². The molecule has 2 rings (SSSR count). The minimum atomic E-state index is -0.502. The summed E-state index contributed by atoms with van der Waals surface area (Å²) in [6, 6.07) is 2.56. The van der Waals surface area contributed by atoms with Crippen LogP contribution in [0.3, 0.4) is 0 Å². The highest BCUT2D eigenvalue weighted by molar-refractivity contribution is 9.10. The van der Waals surface area contributed by atoms with Crippen LogP contribution >= 0.6 is 15.9 Å². The highest BCUT2D eigenvalue weighted by atomic mass is 79.9. The van der Waals surface area contributed by atoms with E-state index in [-0.39, 0.29) is 18.2 Å². The first kappa shape index (κ1) is 13.7. The molecule has 0 atom stereocenters. The van der Waals surface area contributed by atoms with E-state index in [1.165, 1.54) is 25.4 Å². The van der Waals surface area contributed by atoms with Crippen LogP contribution in [0.2, 0.25) is 0 Å². The first-order chi connectivity index (χ1) is 9.10. The summed E-state index contributed by atoms with van der Waals surface area (Å²) in [5.74, 6) is -0.625. The molecule has 0 radical (unpaired) electrons. The molecule has 0 unspecified atom stereocenters. The number of anilines is 1. The van der Waals surface area contributed by atoms with Crippen molar-refractivity contribution in [3.8, 4) is 5.88 Å². The van der Waals surface area contributed by atoms with Gasteiger partial charge >= 0.3 is 0 Å². The second-order valence-electron chi connectivity index (χ2n) is 3.66. The van der Waals surface area contributed by atoms with Crippen LogP contribution in [0.25, 0.3) is 0 Å². The molecule has 7 heteroatoms. The molecule has 0 spiro atoms. The summed E-state index contributed by atoms with van der Waals surface area (Å²) in [6.07, 6.45) is 2.52. The van der Waals surface area contributed by atoms with E-state index in [9.17, 15) is 8.78 Å². The minimum Gasteiger partial charge on any atom is -0.481 e. The van der Waals surface area contributed by atoms with Crippen molar-refractivity contribution in [3.05, 3.63) is 46.2 Å². The average molecular weight is 330 g/mol. The molecule has 0 saturated heterocycles. The van der Waals surface area contributed by atoms with E-state index in [0.29, 0.717) is 10.0 Å². The minimum absolute atomic E-state index is 0.0783. The number of methoxy groups -OCH3 is 1. The van der Waals surface area contributed by atoms with Gasteiger partial charge in [0.2, 0.25) is 5.88 Å². The number of hydrogen-bond donors (Lipinski definition) is 1. The topological polar surface area (TPSA) is 47.0 Å². The normalized spacial score (nSPS) is 10.3. The van der Waals surface area contributed by atoms with Crippen LogP contribution in [0, 0.1) is 11.6 Å². The fraction of sp³-hybridized carbons (Fsp3) is 0.167. The maximum atomic E-state index is 13.5. The molecule has 0 aliphatic carbocycles. The second-order valence-corrected chi connectivity index (χ2v) is 4.58. The number of ether oxygens (including phenoxy) is 1. The monoisotopic (exact) mass is 329 g/mol. The van der Waals surface area contributed by atoms with Gasteiger partial charge in [-0.3, -0.25) is 0 Å². The summed E-state index contributed by atoms with van der Waals surface area (Å²) in [6.45, 7) is 0.152. The van der Waals surface area contributed by atoms with Crippen molar-refractivity contribution in [1.82, 2.24) is 9.97 Å². The molecule has 2 aromatic heterocycles. The number of nitrogens with zero attached hydrogens (tertiary/aromatic N) is 2. The van der Waals surface area contributed by atoms with E-state index in [2.05, 4.69) is 31.2 Å². The van der Waals surface area contributed by atoms with Gasteiger partial charge in [0.15, 0.2) is 11.6 Å². The van der Waals surface area contributed by atoms with Crippen LogP contribution in [-0.4, -0.2) is 17.1 Å². The summed E-state index contributed by atoms with van der Waals surface area (Å²) >= 11 is 3.11. The summed E-state index contributed by atoms with van der Waals surface area (Å²) in [5.41, 5.74) is 0.478. The van der Waals surface area contributed by atoms with Crippen molar-refractivity contribution in [2.75, 3.05) is 12.4 Å². The van der Waals surface area contributed by atoms with Gasteiger partial charge in [-0.05, 0) is 28.1 Å². The Morgan fingerprint density at radius 2 is 2.05 bits per heavy atom. The summed E-state index contributed by atoms with van der Waals surface area (Å²) < 4.78 is 32.2. The molecule has 2 aromatic rings. The predicted octanol–water partition coefficient (Wildman–Crippen LogP) is 3.14. The lowest BCUT2D eigenvalue weighted by molar-refractivity contribution is 0.390. The molecule has 100 valence electrons. The summed E-state index contributed by atoms with van der Waals surface area (Å²) in [7, 11) is 1.43. The Morgan fingerprint density at radius 1 is 1.26 bits per heavy atom. The van der Waals surface area contributed by atoms with Gasteiger partial charge < -0.3 is 10.1 Å². The van der Waals surface area contributed by atoms with Crippen LogP contribution < -0.4 is 10.1 Å². The van der Waals surface area contributed by atoms with Gasteiger partial charge in [0, 0.05) is 22.8 Å². The summed E-state index contributed by atoms with van der Waals surface area (Å²) in [4.78, 5) is 7.67. The van der Waals surface area contributed by atoms with E-state index in [4.69, 9.17) is 4.74 Å². The SMILES string of the molecule is COc1ncc(F)cc1CNc1ncc(Br)cc1F. The molecule has 2 heterocycles. The Hall–Kier alpha value is -1.76. The number of pyridine rings is 2. The molecule has 0 amide bonds. The van der Waals surface area contributed by atoms with Crippen LogP contribution in [0.15, 0.2) is 29.0 Å². The molecule has 0 aromatic carbocycles. The van der Waals surface area contributed by atoms with Gasteiger partial charge in [-0.25, -0.2) is 18.7 Å². The molecule has 19 heavy (non-hydrogen) atoms. The lowest BCUT2D eigenvalue weighted by atomic mass is 10.2. The van der Waals surface area contributed by atoms with Crippen molar-refractivity contribution in [1.29, 1.82) is 0 Å². The first-order valence-electron chi connectivity index (χ1n) is 5.33. The molecular formula is C12H10BrF2N3O. The Labute approximate surface area is 117 Å². The Morgan fingerprint density at radius 3 is 2.74 bits per heavy atom. The van der Waals surface area contributed by atoms with Gasteiger partial charge in [-0.2, -0.15) is 0 Å². The number of hydrogen-bond acceptors (Lipinski definition) is 4. The third-order valence-corrected chi connectivity index (χ3v) is 2.77. The van der Waals surface area contributed by atoms with Crippen LogP contribution in [0.5, 0.6) is 5.88 Å². The van der Waals surface area contributed by atoms with Crippen molar-refractivity contribution in [3.63, 3.8) is 0 Å². The van der Waals surface area contributed by atoms with Crippen LogP contribution in [0.4, 0.5) is 14.6 Å². The van der Waals surface area contributed by atoms with E-state index in [1.807, 2.05) is 0 Å². The smallest absolute Gasteiger partial charge is 0.218 e. The number of halogens is 3. The first-order valence-corrected chi connectivity index (χ1v) is 6.13. The van der Waals surface area contributed by atoms with Crippen molar-refractivity contribution in [2.24, 2.45) is 0 Å². The zero-order valence-corrected chi connectivity index (χ0v) is 11.5. The second kappa shape index (κ2) is 5.92. The number of rotatable bonds is 4. The molecule has 0 saturated carbocycles. The zero-order valence-electron chi connectivity index (χ0n) is 9.95. The molecular weight excluding hydrogens is 320 g/mol. The third-order valence-electron chi connectivity index (χ3n) is 2.34. The Balaban J connectivity index is 2.16. The van der Waals surface area contributed by atoms with Gasteiger partial charge in [-0.1, -0.05) is 0 Å². The standard InChI is InChI=1S/C12H10BrF2N3O/c1-19-12-7(2-9(14)6-18-12)4-16-11-10(15)3-8(13)5-17-11/h2-3,5-6H,4H2,1H3,(H,16,17). The fourth-order valence-corrected chi connectivity index (χ4v) is 1.81. The third kappa shape index (κ3) is 3.37. The predicted molar refractivity (Wildman–Crippen MR) is 70.0 cm³/mol.